The molecule has 0 radical (unpaired) electrons. The standard InChI is InChI=1S/C24H33N7/c1-16(2)22-20-21(25-5)17(13-24(3,4)23(20)29-30(22)6)14-27-19-8-7-18(15-28-19)31-11-9-26-10-12-31/h7-8,14-16,26H,5,9-13H2,1-4,6H3. The van der Waals surface area contributed by atoms with Crippen LogP contribution in [0, 0.1) is 0 Å². The molecule has 1 N–H and O–H groups in total. The van der Waals surface area contributed by atoms with Crippen LogP contribution in [0.2, 0.25) is 0 Å². The predicted octanol–water partition coefficient (Wildman–Crippen LogP) is 3.84. The van der Waals surface area contributed by atoms with Crippen molar-refractivity contribution in [1.29, 1.82) is 0 Å². The Morgan fingerprint density at radius 3 is 2.58 bits per heavy atom. The van der Waals surface area contributed by atoms with Crippen molar-refractivity contribution in [3.63, 3.8) is 0 Å². The molecule has 0 unspecified atom stereocenters. The van der Waals surface area contributed by atoms with Gasteiger partial charge in [-0.2, -0.15) is 5.10 Å². The number of rotatable bonds is 5. The maximum Gasteiger partial charge on any atom is 0.151 e. The van der Waals surface area contributed by atoms with Crippen LogP contribution in [-0.2, 0) is 12.5 Å². The average Bonchev–Trinajstić information content (AvgIpc) is 3.11. The van der Waals surface area contributed by atoms with Crippen LogP contribution in [0.1, 0.15) is 57.0 Å². The van der Waals surface area contributed by atoms with Gasteiger partial charge in [0, 0.05) is 50.4 Å². The van der Waals surface area contributed by atoms with Gasteiger partial charge in [-0.15, -0.1) is 0 Å². The van der Waals surface area contributed by atoms with Crippen molar-refractivity contribution < 1.29 is 0 Å². The lowest BCUT2D eigenvalue weighted by Crippen LogP contribution is -2.43. The highest BCUT2D eigenvalue weighted by molar-refractivity contribution is 5.95. The monoisotopic (exact) mass is 419 g/mol. The van der Waals surface area contributed by atoms with E-state index in [1.807, 2.05) is 30.2 Å². The molecular formula is C24H33N7. The molecule has 4 rings (SSSR count). The zero-order valence-electron chi connectivity index (χ0n) is 19.3. The van der Waals surface area contributed by atoms with Gasteiger partial charge in [0.25, 0.3) is 0 Å². The molecule has 0 spiro atoms. The number of anilines is 1. The summed E-state index contributed by atoms with van der Waals surface area (Å²) in [5.74, 6) is 1.04. The second-order valence-electron chi connectivity index (χ2n) is 9.35. The zero-order chi connectivity index (χ0) is 22.2. The number of aryl methyl sites for hydroxylation is 1. The number of piperazine rings is 1. The summed E-state index contributed by atoms with van der Waals surface area (Å²) >= 11 is 0. The molecule has 0 bridgehead atoms. The van der Waals surface area contributed by atoms with Crippen LogP contribution in [0.15, 0.2) is 33.9 Å². The SMILES string of the molecule is C=NC1=C(C=Nc2ccc(N3CCNCC3)cn2)CC(C)(C)c2nn(C)c(C(C)C)c21. The summed E-state index contributed by atoms with van der Waals surface area (Å²) < 4.78 is 2.00. The third-order valence-corrected chi connectivity index (χ3v) is 6.18. The summed E-state index contributed by atoms with van der Waals surface area (Å²) in [7, 11) is 2.02. The molecule has 164 valence electrons. The highest BCUT2D eigenvalue weighted by atomic mass is 15.3. The summed E-state index contributed by atoms with van der Waals surface area (Å²) in [6.07, 6.45) is 4.64. The number of nitrogens with zero attached hydrogens (tertiary/aromatic N) is 6. The number of fused-ring (bicyclic) bond motifs is 1. The van der Waals surface area contributed by atoms with E-state index in [0.717, 1.165) is 60.8 Å². The highest BCUT2D eigenvalue weighted by Gasteiger charge is 2.37. The molecule has 7 nitrogen and oxygen atoms in total. The first kappa shape index (κ1) is 21.4. The molecule has 2 aromatic heterocycles. The minimum Gasteiger partial charge on any atom is -0.368 e. The molecular weight excluding hydrogens is 386 g/mol. The van der Waals surface area contributed by atoms with Crippen LogP contribution in [-0.4, -0.2) is 53.9 Å². The van der Waals surface area contributed by atoms with Gasteiger partial charge in [-0.25, -0.2) is 9.98 Å². The Balaban J connectivity index is 1.67. The number of allylic oxidation sites excluding steroid dienone is 1. The fourth-order valence-corrected chi connectivity index (χ4v) is 4.71. The number of nitrogens with one attached hydrogen (secondary N) is 1. The van der Waals surface area contributed by atoms with Crippen LogP contribution < -0.4 is 10.2 Å². The first-order chi connectivity index (χ1) is 14.8. The van der Waals surface area contributed by atoms with Crippen molar-refractivity contribution in [1.82, 2.24) is 20.1 Å². The molecule has 31 heavy (non-hydrogen) atoms. The van der Waals surface area contributed by atoms with Gasteiger partial charge in [0.1, 0.15) is 0 Å². The van der Waals surface area contributed by atoms with E-state index in [1.54, 1.807) is 0 Å². The molecule has 1 aliphatic carbocycles. The topological polar surface area (TPSA) is 70.7 Å². The molecule has 1 saturated heterocycles. The number of aliphatic imine (C=N–C) groups is 2. The Kier molecular flexibility index (Phi) is 5.79. The largest absolute Gasteiger partial charge is 0.368 e. The zero-order valence-corrected chi connectivity index (χ0v) is 19.3. The summed E-state index contributed by atoms with van der Waals surface area (Å²) in [4.78, 5) is 16.0. The van der Waals surface area contributed by atoms with E-state index in [9.17, 15) is 0 Å². The lowest BCUT2D eigenvalue weighted by atomic mass is 9.74. The Labute approximate surface area is 185 Å². The average molecular weight is 420 g/mol. The molecule has 1 fully saturated rings. The van der Waals surface area contributed by atoms with E-state index in [-0.39, 0.29) is 5.41 Å². The molecule has 0 amide bonds. The lowest BCUT2D eigenvalue weighted by Gasteiger charge is -2.30. The first-order valence-electron chi connectivity index (χ1n) is 11.0. The van der Waals surface area contributed by atoms with Crippen LogP contribution in [0.5, 0.6) is 0 Å². The second kappa shape index (κ2) is 8.38. The molecule has 2 aliphatic rings. The fourth-order valence-electron chi connectivity index (χ4n) is 4.71. The van der Waals surface area contributed by atoms with Crippen molar-refractivity contribution in [3.8, 4) is 0 Å². The van der Waals surface area contributed by atoms with Gasteiger partial charge in [0.15, 0.2) is 5.82 Å². The summed E-state index contributed by atoms with van der Waals surface area (Å²) in [5, 5.41) is 8.24. The van der Waals surface area contributed by atoms with Crippen LogP contribution >= 0.6 is 0 Å². The van der Waals surface area contributed by atoms with Gasteiger partial charge >= 0.3 is 0 Å². The minimum atomic E-state index is -0.102. The third-order valence-electron chi connectivity index (χ3n) is 6.18. The van der Waals surface area contributed by atoms with Gasteiger partial charge in [0.05, 0.1) is 29.0 Å². The molecule has 2 aromatic rings. The molecule has 0 saturated carbocycles. The molecule has 0 aromatic carbocycles. The Morgan fingerprint density at radius 1 is 1.23 bits per heavy atom. The van der Waals surface area contributed by atoms with Crippen molar-refractivity contribution in [3.05, 3.63) is 40.9 Å². The quantitative estimate of drug-likeness (QED) is 0.748. The first-order valence-corrected chi connectivity index (χ1v) is 11.0. The van der Waals surface area contributed by atoms with Crippen molar-refractivity contribution in [2.75, 3.05) is 31.1 Å². The van der Waals surface area contributed by atoms with Crippen molar-refractivity contribution in [2.45, 2.75) is 45.4 Å². The lowest BCUT2D eigenvalue weighted by molar-refractivity contribution is 0.494. The summed E-state index contributed by atoms with van der Waals surface area (Å²) in [6, 6.07) is 4.09. The van der Waals surface area contributed by atoms with Gasteiger partial charge in [-0.3, -0.25) is 9.67 Å². The number of hydrogen-bond acceptors (Lipinski definition) is 6. The van der Waals surface area contributed by atoms with Crippen molar-refractivity contribution in [2.24, 2.45) is 17.0 Å². The minimum absolute atomic E-state index is 0.102. The maximum atomic E-state index is 4.86. The van der Waals surface area contributed by atoms with E-state index in [2.05, 4.69) is 60.7 Å². The van der Waals surface area contributed by atoms with E-state index < -0.39 is 0 Å². The van der Waals surface area contributed by atoms with E-state index in [4.69, 9.17) is 10.1 Å². The second-order valence-corrected chi connectivity index (χ2v) is 9.35. The van der Waals surface area contributed by atoms with E-state index in [1.165, 1.54) is 5.69 Å². The van der Waals surface area contributed by atoms with Gasteiger partial charge in [0.2, 0.25) is 0 Å². The Hall–Kier alpha value is -2.80. The molecule has 3 heterocycles. The molecule has 7 heteroatoms. The Morgan fingerprint density at radius 2 is 1.97 bits per heavy atom. The number of pyridine rings is 1. The normalized spacial score (nSPS) is 18.7. The van der Waals surface area contributed by atoms with E-state index in [0.29, 0.717) is 11.7 Å². The van der Waals surface area contributed by atoms with Gasteiger partial charge in [-0.05, 0) is 36.8 Å². The van der Waals surface area contributed by atoms with Crippen LogP contribution in [0.3, 0.4) is 0 Å². The van der Waals surface area contributed by atoms with Crippen LogP contribution in [0.25, 0.3) is 5.70 Å². The van der Waals surface area contributed by atoms with Gasteiger partial charge in [-0.1, -0.05) is 27.7 Å². The number of hydrogen-bond donors (Lipinski definition) is 1. The molecule has 1 aliphatic heterocycles. The van der Waals surface area contributed by atoms with Crippen molar-refractivity contribution >= 4 is 30.1 Å². The summed E-state index contributed by atoms with van der Waals surface area (Å²) in [6.45, 7) is 16.8. The van der Waals surface area contributed by atoms with Crippen LogP contribution in [0.4, 0.5) is 11.5 Å². The molecule has 0 atom stereocenters. The van der Waals surface area contributed by atoms with Gasteiger partial charge < -0.3 is 10.2 Å². The maximum absolute atomic E-state index is 4.86. The van der Waals surface area contributed by atoms with E-state index >= 15 is 0 Å². The smallest absolute Gasteiger partial charge is 0.151 e. The summed E-state index contributed by atoms with van der Waals surface area (Å²) in [5.41, 5.74) is 6.42. The number of aromatic nitrogens is 3. The Bertz CT molecular complexity index is 1020. The highest BCUT2D eigenvalue weighted by Crippen LogP contribution is 2.44. The third kappa shape index (κ3) is 4.06. The fraction of sp³-hybridized carbons (Fsp3) is 0.500. The predicted molar refractivity (Wildman–Crippen MR) is 129 cm³/mol.